The fraction of sp³-hybridized carbons (Fsp3) is 0.545. The maximum absolute atomic E-state index is 15.0. The van der Waals surface area contributed by atoms with Crippen LogP contribution < -0.4 is 10.2 Å². The highest BCUT2D eigenvalue weighted by Gasteiger charge is 2.32. The minimum Gasteiger partial charge on any atom is -0.462 e. The molecule has 1 unspecified atom stereocenters. The van der Waals surface area contributed by atoms with Crippen LogP contribution in [0.4, 0.5) is 18.9 Å². The largest absolute Gasteiger partial charge is 0.462 e. The van der Waals surface area contributed by atoms with Crippen LogP contribution in [0.1, 0.15) is 30.1 Å². The molecular formula is C22H28F3N3O4. The Kier molecular flexibility index (Phi) is 7.78. The van der Waals surface area contributed by atoms with E-state index in [1.165, 1.54) is 4.90 Å². The van der Waals surface area contributed by atoms with Crippen molar-refractivity contribution in [2.45, 2.75) is 31.9 Å². The number of ketones is 1. The van der Waals surface area contributed by atoms with E-state index in [1.807, 2.05) is 19.0 Å². The zero-order valence-electron chi connectivity index (χ0n) is 18.4. The van der Waals surface area contributed by atoms with Crippen LogP contribution in [0.5, 0.6) is 0 Å². The maximum atomic E-state index is 15.0. The van der Waals surface area contributed by atoms with Crippen molar-refractivity contribution in [2.75, 3.05) is 51.8 Å². The zero-order chi connectivity index (χ0) is 23.4. The van der Waals surface area contributed by atoms with E-state index in [0.717, 1.165) is 19.0 Å². The summed E-state index contributed by atoms with van der Waals surface area (Å²) in [5.41, 5.74) is -1.93. The zero-order valence-corrected chi connectivity index (χ0v) is 18.4. The predicted molar refractivity (Wildman–Crippen MR) is 112 cm³/mol. The van der Waals surface area contributed by atoms with Gasteiger partial charge in [0, 0.05) is 31.9 Å². The van der Waals surface area contributed by atoms with E-state index in [2.05, 4.69) is 5.32 Å². The number of nitrogens with one attached hydrogen (secondary N) is 1. The maximum Gasteiger partial charge on any atom is 0.343 e. The number of halogens is 3. The van der Waals surface area contributed by atoms with Gasteiger partial charge in [-0.1, -0.05) is 0 Å². The first kappa shape index (κ1) is 24.1. The highest BCUT2D eigenvalue weighted by molar-refractivity contribution is 6.24. The molecule has 0 spiro atoms. The lowest BCUT2D eigenvalue weighted by Gasteiger charge is -2.36. The minimum absolute atomic E-state index is 0.0117. The summed E-state index contributed by atoms with van der Waals surface area (Å²) in [6.45, 7) is 2.63. The third kappa shape index (κ3) is 5.60. The van der Waals surface area contributed by atoms with E-state index in [-0.39, 0.29) is 38.4 Å². The van der Waals surface area contributed by atoms with Crippen LogP contribution in [-0.4, -0.2) is 75.7 Å². The first-order valence-electron chi connectivity index (χ1n) is 10.6. The van der Waals surface area contributed by atoms with Crippen molar-refractivity contribution in [3.05, 3.63) is 40.9 Å². The molecule has 1 heterocycles. The molecule has 0 radical (unpaired) electrons. The van der Waals surface area contributed by atoms with Gasteiger partial charge in [0.15, 0.2) is 11.6 Å². The van der Waals surface area contributed by atoms with Gasteiger partial charge in [-0.25, -0.2) is 18.0 Å². The lowest BCUT2D eigenvalue weighted by atomic mass is 10.0. The van der Waals surface area contributed by atoms with Gasteiger partial charge in [-0.05, 0) is 39.9 Å². The number of carbonyl (C=O) groups is 2. The molecule has 32 heavy (non-hydrogen) atoms. The lowest BCUT2D eigenvalue weighted by Crippen LogP contribution is -2.47. The molecule has 1 aliphatic carbocycles. The minimum atomic E-state index is -1.51. The van der Waals surface area contributed by atoms with E-state index in [0.29, 0.717) is 12.6 Å². The number of ether oxygens (including phenoxy) is 2. The first-order valence-corrected chi connectivity index (χ1v) is 10.6. The second-order valence-corrected chi connectivity index (χ2v) is 8.13. The lowest BCUT2D eigenvalue weighted by molar-refractivity contribution is -0.138. The molecule has 0 bridgehead atoms. The summed E-state index contributed by atoms with van der Waals surface area (Å²) in [6.07, 6.45) is 2.55. The molecule has 10 heteroatoms. The van der Waals surface area contributed by atoms with E-state index in [1.54, 1.807) is 6.92 Å². The molecule has 2 fully saturated rings. The molecule has 1 saturated heterocycles. The molecule has 1 N–H and O–H groups in total. The van der Waals surface area contributed by atoms with E-state index < -0.39 is 46.0 Å². The molecule has 1 aliphatic heterocycles. The van der Waals surface area contributed by atoms with Gasteiger partial charge in [0.2, 0.25) is 5.78 Å². The standard InChI is InChI=1S/C22H28F3N3O4/c1-4-31-22(30)16(10-26-13-5-6-13)21(29)15-9-17(23)20(19(25)18(15)24)28-7-8-32-14(12-28)11-27(2)3/h9-10,13-14,26H,4-8,11-12H2,1-3H3/b16-10-. The summed E-state index contributed by atoms with van der Waals surface area (Å²) >= 11 is 0. The molecule has 0 aromatic heterocycles. The Labute approximate surface area is 185 Å². The first-order chi connectivity index (χ1) is 15.2. The molecule has 0 amide bonds. The number of anilines is 1. The Morgan fingerprint density at radius 1 is 1.28 bits per heavy atom. The average Bonchev–Trinajstić information content (AvgIpc) is 3.55. The Morgan fingerprint density at radius 3 is 2.62 bits per heavy atom. The Hall–Kier alpha value is -2.59. The summed E-state index contributed by atoms with van der Waals surface area (Å²) in [6, 6.07) is 0.737. The summed E-state index contributed by atoms with van der Waals surface area (Å²) in [5.74, 6) is -6.21. The fourth-order valence-corrected chi connectivity index (χ4v) is 3.50. The van der Waals surface area contributed by atoms with E-state index in [4.69, 9.17) is 9.47 Å². The Bertz CT molecular complexity index is 903. The van der Waals surface area contributed by atoms with Crippen LogP contribution in [0.25, 0.3) is 0 Å². The smallest absolute Gasteiger partial charge is 0.343 e. The molecule has 1 saturated carbocycles. The highest BCUT2D eigenvalue weighted by atomic mass is 19.2. The van der Waals surface area contributed by atoms with E-state index in [9.17, 15) is 22.8 Å². The molecule has 176 valence electrons. The average molecular weight is 455 g/mol. The molecule has 1 aromatic rings. The van der Waals surface area contributed by atoms with Gasteiger partial charge in [0.25, 0.3) is 0 Å². The fourth-order valence-electron chi connectivity index (χ4n) is 3.50. The van der Waals surface area contributed by atoms with Gasteiger partial charge >= 0.3 is 5.97 Å². The third-order valence-corrected chi connectivity index (χ3v) is 5.18. The van der Waals surface area contributed by atoms with Crippen LogP contribution in [0, 0.1) is 17.5 Å². The third-order valence-electron chi connectivity index (χ3n) is 5.18. The molecule has 3 rings (SSSR count). The summed E-state index contributed by atoms with van der Waals surface area (Å²) in [7, 11) is 3.69. The van der Waals surface area contributed by atoms with Crippen molar-refractivity contribution in [1.29, 1.82) is 0 Å². The van der Waals surface area contributed by atoms with Crippen molar-refractivity contribution in [3.63, 3.8) is 0 Å². The normalized spacial score (nSPS) is 19.3. The van der Waals surface area contributed by atoms with Crippen molar-refractivity contribution >= 4 is 17.4 Å². The second kappa shape index (κ2) is 10.4. The molecule has 1 atom stereocenters. The van der Waals surface area contributed by atoms with Crippen molar-refractivity contribution in [2.24, 2.45) is 0 Å². The topological polar surface area (TPSA) is 71.1 Å². The SMILES string of the molecule is CCOC(=O)/C(=C\NC1CC1)C(=O)c1cc(F)c(N2CCOC(CN(C)C)C2)c(F)c1F. The highest BCUT2D eigenvalue weighted by Crippen LogP contribution is 2.31. The number of benzene rings is 1. The number of Topliss-reactive ketones (excluding diaryl/α,β-unsaturated/α-hetero) is 1. The Balaban J connectivity index is 1.90. The van der Waals surface area contributed by atoms with Gasteiger partial charge in [-0.15, -0.1) is 0 Å². The number of nitrogens with zero attached hydrogens (tertiary/aromatic N) is 2. The number of hydrogen-bond acceptors (Lipinski definition) is 7. The van der Waals surface area contributed by atoms with Crippen LogP contribution in [-0.2, 0) is 14.3 Å². The van der Waals surface area contributed by atoms with Crippen LogP contribution >= 0.6 is 0 Å². The van der Waals surface area contributed by atoms with Gasteiger partial charge in [-0.3, -0.25) is 4.79 Å². The predicted octanol–water partition coefficient (Wildman–Crippen LogP) is 2.25. The number of likely N-dealkylation sites (N-methyl/N-ethyl adjacent to an activating group) is 1. The number of rotatable bonds is 9. The van der Waals surface area contributed by atoms with E-state index >= 15 is 0 Å². The summed E-state index contributed by atoms with van der Waals surface area (Å²) in [5, 5.41) is 2.86. The number of hydrogen-bond donors (Lipinski definition) is 1. The van der Waals surface area contributed by atoms with Gasteiger partial charge < -0.3 is 24.6 Å². The van der Waals surface area contributed by atoms with Gasteiger partial charge in [0.1, 0.15) is 17.1 Å². The quantitative estimate of drug-likeness (QED) is 0.153. The van der Waals surface area contributed by atoms with Crippen LogP contribution in [0.2, 0.25) is 0 Å². The van der Waals surface area contributed by atoms with Crippen molar-refractivity contribution in [1.82, 2.24) is 10.2 Å². The number of carbonyl (C=O) groups excluding carboxylic acids is 2. The summed E-state index contributed by atoms with van der Waals surface area (Å²) in [4.78, 5) is 28.3. The Morgan fingerprint density at radius 2 is 2.00 bits per heavy atom. The molecule has 1 aromatic carbocycles. The second-order valence-electron chi connectivity index (χ2n) is 8.13. The van der Waals surface area contributed by atoms with Gasteiger partial charge in [-0.2, -0.15) is 0 Å². The molecular weight excluding hydrogens is 427 g/mol. The van der Waals surface area contributed by atoms with Crippen molar-refractivity contribution < 1.29 is 32.2 Å². The summed E-state index contributed by atoms with van der Waals surface area (Å²) < 4.78 is 55.3. The van der Waals surface area contributed by atoms with Crippen molar-refractivity contribution in [3.8, 4) is 0 Å². The van der Waals surface area contributed by atoms with Crippen LogP contribution in [0.15, 0.2) is 17.8 Å². The van der Waals surface area contributed by atoms with Crippen LogP contribution in [0.3, 0.4) is 0 Å². The molecule has 7 nitrogen and oxygen atoms in total. The molecule has 2 aliphatic rings. The monoisotopic (exact) mass is 455 g/mol. The van der Waals surface area contributed by atoms with Gasteiger partial charge in [0.05, 0.1) is 24.9 Å². The number of esters is 1. The number of morpholine rings is 1.